The van der Waals surface area contributed by atoms with E-state index in [2.05, 4.69) is 17.1 Å². The summed E-state index contributed by atoms with van der Waals surface area (Å²) in [6, 6.07) is 0. The largest absolute Gasteiger partial charge is 0.302 e. The van der Waals surface area contributed by atoms with Crippen LogP contribution in [0.5, 0.6) is 0 Å². The van der Waals surface area contributed by atoms with E-state index in [1.54, 1.807) is 0 Å². The third-order valence-electron chi connectivity index (χ3n) is 5.07. The van der Waals surface area contributed by atoms with Crippen molar-refractivity contribution in [3.8, 4) is 0 Å². The highest BCUT2D eigenvalue weighted by Gasteiger charge is 2.37. The van der Waals surface area contributed by atoms with Crippen molar-refractivity contribution < 1.29 is 8.42 Å². The van der Waals surface area contributed by atoms with Crippen LogP contribution in [0.2, 0.25) is 0 Å². The minimum atomic E-state index is -2.83. The molecule has 0 radical (unpaired) electrons. The van der Waals surface area contributed by atoms with Crippen molar-refractivity contribution in [1.82, 2.24) is 4.90 Å². The maximum atomic E-state index is 11.9. The second kappa shape index (κ2) is 4.64. The van der Waals surface area contributed by atoms with Crippen LogP contribution in [0.4, 0.5) is 0 Å². The van der Waals surface area contributed by atoms with Crippen LogP contribution in [0.25, 0.3) is 0 Å². The molecule has 0 amide bonds. The van der Waals surface area contributed by atoms with Crippen molar-refractivity contribution in [1.29, 1.82) is 0 Å². The molecule has 102 valence electrons. The Morgan fingerprint density at radius 2 is 2.06 bits per heavy atom. The van der Waals surface area contributed by atoms with Gasteiger partial charge in [-0.1, -0.05) is 12.2 Å². The SMILES string of the molecule is C[C@@H]1CCN(C[C@@H]2C[C@H]3C=C[C@H]2C3)CCS1(=O)=O. The van der Waals surface area contributed by atoms with E-state index in [0.29, 0.717) is 5.75 Å². The van der Waals surface area contributed by atoms with E-state index < -0.39 is 9.84 Å². The van der Waals surface area contributed by atoms with Crippen LogP contribution in [0.3, 0.4) is 0 Å². The van der Waals surface area contributed by atoms with Gasteiger partial charge in [-0.05, 0) is 50.5 Å². The predicted octanol–water partition coefficient (Wildman–Crippen LogP) is 1.71. The summed E-state index contributed by atoms with van der Waals surface area (Å²) < 4.78 is 23.7. The third-order valence-corrected chi connectivity index (χ3v) is 7.28. The lowest BCUT2D eigenvalue weighted by molar-refractivity contribution is 0.226. The summed E-state index contributed by atoms with van der Waals surface area (Å²) in [6.45, 7) is 4.66. The van der Waals surface area contributed by atoms with E-state index in [0.717, 1.165) is 43.8 Å². The molecular formula is C14H23NO2S. The molecule has 3 rings (SSSR count). The number of rotatable bonds is 2. The van der Waals surface area contributed by atoms with Gasteiger partial charge in [0.25, 0.3) is 0 Å². The fraction of sp³-hybridized carbons (Fsp3) is 0.857. The van der Waals surface area contributed by atoms with Gasteiger partial charge >= 0.3 is 0 Å². The first kappa shape index (κ1) is 12.7. The minimum Gasteiger partial charge on any atom is -0.302 e. The summed E-state index contributed by atoms with van der Waals surface area (Å²) in [5, 5.41) is -0.151. The van der Waals surface area contributed by atoms with Gasteiger partial charge in [0.2, 0.25) is 0 Å². The third kappa shape index (κ3) is 2.37. The summed E-state index contributed by atoms with van der Waals surface area (Å²) >= 11 is 0. The smallest absolute Gasteiger partial charge is 0.154 e. The highest BCUT2D eigenvalue weighted by Crippen LogP contribution is 2.43. The van der Waals surface area contributed by atoms with Gasteiger partial charge < -0.3 is 4.90 Å². The van der Waals surface area contributed by atoms with Crippen molar-refractivity contribution in [2.24, 2.45) is 17.8 Å². The van der Waals surface area contributed by atoms with Crippen LogP contribution in [0.1, 0.15) is 26.2 Å². The summed E-state index contributed by atoms with van der Waals surface area (Å²) in [5.41, 5.74) is 0. The molecule has 0 N–H and O–H groups in total. The van der Waals surface area contributed by atoms with Crippen LogP contribution in [-0.4, -0.2) is 44.0 Å². The molecule has 4 heteroatoms. The lowest BCUT2D eigenvalue weighted by atomic mass is 9.93. The Morgan fingerprint density at radius 1 is 1.22 bits per heavy atom. The van der Waals surface area contributed by atoms with Crippen molar-refractivity contribution in [3.05, 3.63) is 12.2 Å². The zero-order chi connectivity index (χ0) is 12.8. The van der Waals surface area contributed by atoms with Gasteiger partial charge in [0.15, 0.2) is 9.84 Å². The fourth-order valence-electron chi connectivity index (χ4n) is 3.73. The first-order valence-electron chi connectivity index (χ1n) is 7.17. The van der Waals surface area contributed by atoms with Gasteiger partial charge in [0.05, 0.1) is 11.0 Å². The van der Waals surface area contributed by atoms with E-state index in [9.17, 15) is 8.42 Å². The van der Waals surface area contributed by atoms with E-state index in [1.165, 1.54) is 12.8 Å². The van der Waals surface area contributed by atoms with Crippen molar-refractivity contribution in [3.63, 3.8) is 0 Å². The van der Waals surface area contributed by atoms with Gasteiger partial charge in [-0.25, -0.2) is 8.42 Å². The Bertz CT molecular complexity index is 443. The first-order valence-corrected chi connectivity index (χ1v) is 8.88. The Balaban J connectivity index is 1.59. The maximum absolute atomic E-state index is 11.9. The number of sulfone groups is 1. The number of fused-ring (bicyclic) bond motifs is 2. The molecule has 1 saturated heterocycles. The molecule has 1 saturated carbocycles. The summed E-state index contributed by atoms with van der Waals surface area (Å²) in [6.07, 6.45) is 8.22. The van der Waals surface area contributed by atoms with E-state index in [-0.39, 0.29) is 5.25 Å². The van der Waals surface area contributed by atoms with Crippen LogP contribution < -0.4 is 0 Å². The molecule has 3 aliphatic rings. The minimum absolute atomic E-state index is 0.151. The molecule has 0 spiro atoms. The molecule has 2 aliphatic carbocycles. The quantitative estimate of drug-likeness (QED) is 0.716. The molecule has 2 fully saturated rings. The molecule has 0 aromatic heterocycles. The van der Waals surface area contributed by atoms with E-state index in [1.807, 2.05) is 6.92 Å². The molecule has 2 bridgehead atoms. The molecule has 1 heterocycles. The van der Waals surface area contributed by atoms with Crippen LogP contribution in [-0.2, 0) is 9.84 Å². The van der Waals surface area contributed by atoms with Crippen molar-refractivity contribution in [2.45, 2.75) is 31.4 Å². The molecule has 0 unspecified atom stereocenters. The summed E-state index contributed by atoms with van der Waals surface area (Å²) in [4.78, 5) is 2.39. The lowest BCUT2D eigenvalue weighted by Gasteiger charge is -2.26. The summed E-state index contributed by atoms with van der Waals surface area (Å²) in [7, 11) is -2.83. The highest BCUT2D eigenvalue weighted by molar-refractivity contribution is 7.92. The fourth-order valence-corrected chi connectivity index (χ4v) is 5.11. The van der Waals surface area contributed by atoms with Gasteiger partial charge in [-0.3, -0.25) is 0 Å². The van der Waals surface area contributed by atoms with Crippen LogP contribution in [0.15, 0.2) is 12.2 Å². The summed E-state index contributed by atoms with van der Waals surface area (Å²) in [5.74, 6) is 2.71. The van der Waals surface area contributed by atoms with Crippen LogP contribution >= 0.6 is 0 Å². The number of nitrogens with zero attached hydrogens (tertiary/aromatic N) is 1. The maximum Gasteiger partial charge on any atom is 0.154 e. The molecule has 1 aliphatic heterocycles. The average Bonchev–Trinajstić information content (AvgIpc) is 2.91. The molecule has 3 nitrogen and oxygen atoms in total. The first-order chi connectivity index (χ1) is 8.54. The van der Waals surface area contributed by atoms with Gasteiger partial charge in [-0.15, -0.1) is 0 Å². The Kier molecular flexibility index (Phi) is 3.27. The normalized spacial score (nSPS) is 43.2. The molecule has 18 heavy (non-hydrogen) atoms. The predicted molar refractivity (Wildman–Crippen MR) is 73.1 cm³/mol. The number of hydrogen-bond acceptors (Lipinski definition) is 3. The zero-order valence-electron chi connectivity index (χ0n) is 11.1. The molecular weight excluding hydrogens is 246 g/mol. The monoisotopic (exact) mass is 269 g/mol. The second-order valence-electron chi connectivity index (χ2n) is 6.31. The Morgan fingerprint density at radius 3 is 2.72 bits per heavy atom. The molecule has 0 aromatic carbocycles. The lowest BCUT2D eigenvalue weighted by Crippen LogP contribution is -2.33. The molecule has 0 aromatic rings. The number of hydrogen-bond donors (Lipinski definition) is 0. The topological polar surface area (TPSA) is 37.4 Å². The zero-order valence-corrected chi connectivity index (χ0v) is 11.9. The van der Waals surface area contributed by atoms with Gasteiger partial charge in [-0.2, -0.15) is 0 Å². The van der Waals surface area contributed by atoms with E-state index in [4.69, 9.17) is 0 Å². The van der Waals surface area contributed by atoms with Gasteiger partial charge in [0, 0.05) is 13.1 Å². The standard InChI is InChI=1S/C14H23NO2S/c1-11-4-5-15(6-7-18(11,16)17)10-14-9-12-2-3-13(14)8-12/h2-3,11-14H,4-10H2,1H3/t11-,12+,13+,14+/m1/s1. The Hall–Kier alpha value is -0.350. The molecule has 4 atom stereocenters. The van der Waals surface area contributed by atoms with Gasteiger partial charge in [0.1, 0.15) is 0 Å². The average molecular weight is 269 g/mol. The van der Waals surface area contributed by atoms with E-state index >= 15 is 0 Å². The van der Waals surface area contributed by atoms with Crippen molar-refractivity contribution in [2.75, 3.05) is 25.4 Å². The Labute approximate surface area is 110 Å². The second-order valence-corrected chi connectivity index (χ2v) is 8.85. The van der Waals surface area contributed by atoms with Crippen molar-refractivity contribution >= 4 is 9.84 Å². The van der Waals surface area contributed by atoms with Crippen LogP contribution in [0, 0.1) is 17.8 Å². The number of allylic oxidation sites excluding steroid dienone is 2. The highest BCUT2D eigenvalue weighted by atomic mass is 32.2.